The molecule has 0 spiro atoms. The Labute approximate surface area is 163 Å². The standard InChI is InChI=1S/C23H22N2O3/c1-3-6-16-9-11-25(12-10-16)15-23(26)24-19-14-21-18(13-22(19)27-2)17-7-4-5-8-20(17)28-21/h4-5,7-14H,3,6,15H2,1-2H3/p+1. The van der Waals surface area contributed by atoms with E-state index >= 15 is 0 Å². The molecule has 0 unspecified atom stereocenters. The molecule has 142 valence electrons. The van der Waals surface area contributed by atoms with E-state index in [4.69, 9.17) is 9.15 Å². The first kappa shape index (κ1) is 18.0. The number of hydrogen-bond donors (Lipinski definition) is 1. The molecule has 5 heteroatoms. The minimum Gasteiger partial charge on any atom is -0.495 e. The van der Waals surface area contributed by atoms with E-state index in [0.29, 0.717) is 17.0 Å². The Hall–Kier alpha value is -3.34. The maximum atomic E-state index is 12.6. The van der Waals surface area contributed by atoms with Crippen molar-refractivity contribution < 1.29 is 18.5 Å². The predicted molar refractivity (Wildman–Crippen MR) is 110 cm³/mol. The number of methoxy groups -OCH3 is 1. The van der Waals surface area contributed by atoms with Gasteiger partial charge in [0.15, 0.2) is 12.4 Å². The highest BCUT2D eigenvalue weighted by Gasteiger charge is 2.16. The molecular weight excluding hydrogens is 352 g/mol. The quantitative estimate of drug-likeness (QED) is 0.506. The third kappa shape index (κ3) is 3.56. The summed E-state index contributed by atoms with van der Waals surface area (Å²) in [6, 6.07) is 15.7. The highest BCUT2D eigenvalue weighted by Crippen LogP contribution is 2.36. The number of carbonyl (C=O) groups excluding carboxylic acids is 1. The Morgan fingerprint density at radius 3 is 2.61 bits per heavy atom. The normalized spacial score (nSPS) is 11.1. The zero-order valence-electron chi connectivity index (χ0n) is 16.1. The van der Waals surface area contributed by atoms with Crippen LogP contribution in [0.1, 0.15) is 18.9 Å². The number of aromatic nitrogens is 1. The summed E-state index contributed by atoms with van der Waals surface area (Å²) < 4.78 is 13.3. The molecule has 0 fully saturated rings. The molecule has 4 rings (SSSR count). The van der Waals surface area contributed by atoms with Gasteiger partial charge in [0.25, 0.3) is 5.91 Å². The molecule has 2 heterocycles. The van der Waals surface area contributed by atoms with Crippen LogP contribution in [0.4, 0.5) is 5.69 Å². The Bertz CT molecular complexity index is 1130. The molecule has 0 saturated carbocycles. The third-order valence-electron chi connectivity index (χ3n) is 4.80. The Balaban J connectivity index is 1.57. The van der Waals surface area contributed by atoms with E-state index in [9.17, 15) is 4.79 Å². The van der Waals surface area contributed by atoms with Gasteiger partial charge in [-0.05, 0) is 24.1 Å². The minimum absolute atomic E-state index is 0.123. The minimum atomic E-state index is -0.123. The van der Waals surface area contributed by atoms with Crippen LogP contribution in [-0.4, -0.2) is 13.0 Å². The van der Waals surface area contributed by atoms with E-state index in [1.54, 1.807) is 7.11 Å². The molecule has 2 aromatic heterocycles. The molecule has 5 nitrogen and oxygen atoms in total. The molecule has 2 aromatic carbocycles. The van der Waals surface area contributed by atoms with E-state index in [2.05, 4.69) is 24.4 Å². The molecule has 0 saturated heterocycles. The molecule has 0 aliphatic heterocycles. The van der Waals surface area contributed by atoms with Crippen molar-refractivity contribution in [3.63, 3.8) is 0 Å². The molecule has 4 aromatic rings. The van der Waals surface area contributed by atoms with Crippen LogP contribution in [0, 0.1) is 0 Å². The lowest BCUT2D eigenvalue weighted by Gasteiger charge is -2.09. The number of carbonyl (C=O) groups is 1. The van der Waals surface area contributed by atoms with Crippen molar-refractivity contribution in [3.8, 4) is 5.75 Å². The number of anilines is 1. The lowest BCUT2D eigenvalue weighted by atomic mass is 10.1. The van der Waals surface area contributed by atoms with Crippen LogP contribution in [0.5, 0.6) is 5.75 Å². The maximum Gasteiger partial charge on any atom is 0.290 e. The van der Waals surface area contributed by atoms with Crippen LogP contribution in [0.25, 0.3) is 21.9 Å². The summed E-state index contributed by atoms with van der Waals surface area (Å²) in [6.45, 7) is 2.38. The largest absolute Gasteiger partial charge is 0.495 e. The van der Waals surface area contributed by atoms with Gasteiger partial charge in [-0.1, -0.05) is 31.5 Å². The number of fused-ring (bicyclic) bond motifs is 3. The zero-order valence-corrected chi connectivity index (χ0v) is 16.1. The van der Waals surface area contributed by atoms with Crippen molar-refractivity contribution in [2.75, 3.05) is 12.4 Å². The maximum absolute atomic E-state index is 12.6. The van der Waals surface area contributed by atoms with Crippen LogP contribution < -0.4 is 14.6 Å². The van der Waals surface area contributed by atoms with Gasteiger partial charge >= 0.3 is 0 Å². The average molecular weight is 375 g/mol. The molecular formula is C23H23N2O3+. The van der Waals surface area contributed by atoms with Gasteiger partial charge in [-0.2, -0.15) is 4.57 Å². The van der Waals surface area contributed by atoms with Crippen molar-refractivity contribution >= 4 is 33.5 Å². The second-order valence-electron chi connectivity index (χ2n) is 6.82. The number of hydrogen-bond acceptors (Lipinski definition) is 3. The van der Waals surface area contributed by atoms with E-state index < -0.39 is 0 Å². The number of pyridine rings is 1. The highest BCUT2D eigenvalue weighted by atomic mass is 16.5. The Morgan fingerprint density at radius 2 is 1.86 bits per heavy atom. The number of ether oxygens (including phenoxy) is 1. The number of nitrogens with one attached hydrogen (secondary N) is 1. The van der Waals surface area contributed by atoms with E-state index in [0.717, 1.165) is 29.2 Å². The van der Waals surface area contributed by atoms with Gasteiger partial charge in [0.05, 0.1) is 12.8 Å². The zero-order chi connectivity index (χ0) is 19.5. The summed E-state index contributed by atoms with van der Waals surface area (Å²) in [6.07, 6.45) is 6.02. The molecule has 28 heavy (non-hydrogen) atoms. The van der Waals surface area contributed by atoms with Gasteiger partial charge in [0.1, 0.15) is 16.9 Å². The number of rotatable bonds is 6. The molecule has 0 atom stereocenters. The molecule has 0 aliphatic rings. The van der Waals surface area contributed by atoms with Crippen LogP contribution in [0.3, 0.4) is 0 Å². The van der Waals surface area contributed by atoms with E-state index in [-0.39, 0.29) is 12.5 Å². The smallest absolute Gasteiger partial charge is 0.290 e. The Kier molecular flexibility index (Phi) is 4.98. The van der Waals surface area contributed by atoms with Gasteiger partial charge in [-0.25, -0.2) is 0 Å². The highest BCUT2D eigenvalue weighted by molar-refractivity contribution is 6.07. The molecule has 0 bridgehead atoms. The second-order valence-corrected chi connectivity index (χ2v) is 6.82. The molecule has 0 radical (unpaired) electrons. The number of aryl methyl sites for hydroxylation is 1. The van der Waals surface area contributed by atoms with Crippen LogP contribution in [-0.2, 0) is 17.8 Å². The van der Waals surface area contributed by atoms with Crippen LogP contribution in [0.15, 0.2) is 65.3 Å². The molecule has 1 N–H and O–H groups in total. The fourth-order valence-electron chi connectivity index (χ4n) is 3.42. The summed E-state index contributed by atoms with van der Waals surface area (Å²) >= 11 is 0. The first-order valence-electron chi connectivity index (χ1n) is 9.45. The molecule has 0 aliphatic carbocycles. The van der Waals surface area contributed by atoms with Crippen LogP contribution in [0.2, 0.25) is 0 Å². The number of nitrogens with zero attached hydrogens (tertiary/aromatic N) is 1. The first-order chi connectivity index (χ1) is 13.7. The van der Waals surface area contributed by atoms with Gasteiger partial charge < -0.3 is 14.5 Å². The fourth-order valence-corrected chi connectivity index (χ4v) is 3.42. The summed E-state index contributed by atoms with van der Waals surface area (Å²) in [5.74, 6) is 0.484. The summed E-state index contributed by atoms with van der Waals surface area (Å²) in [5.41, 5.74) is 3.40. The van der Waals surface area contributed by atoms with Gasteiger partial charge in [0, 0.05) is 29.0 Å². The van der Waals surface area contributed by atoms with Crippen LogP contribution >= 0.6 is 0 Å². The third-order valence-corrected chi connectivity index (χ3v) is 4.80. The SMILES string of the molecule is CCCc1cc[n+](CC(=O)Nc2cc3oc4ccccc4c3cc2OC)cc1. The lowest BCUT2D eigenvalue weighted by Crippen LogP contribution is -2.39. The van der Waals surface area contributed by atoms with Crippen molar-refractivity contribution in [1.82, 2.24) is 0 Å². The number of para-hydroxylation sites is 1. The van der Waals surface area contributed by atoms with Crippen molar-refractivity contribution in [1.29, 1.82) is 0 Å². The van der Waals surface area contributed by atoms with Crippen molar-refractivity contribution in [2.24, 2.45) is 0 Å². The monoisotopic (exact) mass is 375 g/mol. The Morgan fingerprint density at radius 1 is 1.07 bits per heavy atom. The fraction of sp³-hybridized carbons (Fsp3) is 0.217. The molecule has 1 amide bonds. The van der Waals surface area contributed by atoms with Gasteiger partial charge in [0.2, 0.25) is 6.54 Å². The average Bonchev–Trinajstić information content (AvgIpc) is 3.06. The van der Waals surface area contributed by atoms with Gasteiger partial charge in [-0.3, -0.25) is 4.79 Å². The summed E-state index contributed by atoms with van der Waals surface area (Å²) in [4.78, 5) is 12.6. The first-order valence-corrected chi connectivity index (χ1v) is 9.45. The number of benzene rings is 2. The summed E-state index contributed by atoms with van der Waals surface area (Å²) in [7, 11) is 1.60. The number of amides is 1. The number of furan rings is 1. The topological polar surface area (TPSA) is 55.3 Å². The lowest BCUT2D eigenvalue weighted by molar-refractivity contribution is -0.684. The predicted octanol–water partition coefficient (Wildman–Crippen LogP) is 4.47. The second kappa shape index (κ2) is 7.72. The van der Waals surface area contributed by atoms with Gasteiger partial charge in [-0.15, -0.1) is 0 Å². The van der Waals surface area contributed by atoms with E-state index in [1.165, 1.54) is 5.56 Å². The summed E-state index contributed by atoms with van der Waals surface area (Å²) in [5, 5.41) is 4.93. The van der Waals surface area contributed by atoms with Crippen molar-refractivity contribution in [2.45, 2.75) is 26.3 Å². The van der Waals surface area contributed by atoms with Crippen molar-refractivity contribution in [3.05, 3.63) is 66.5 Å². The van der Waals surface area contributed by atoms with E-state index in [1.807, 2.05) is 53.4 Å².